The summed E-state index contributed by atoms with van der Waals surface area (Å²) in [6.07, 6.45) is -3.68. The molecule has 0 spiro atoms. The number of aromatic nitrogens is 1. The summed E-state index contributed by atoms with van der Waals surface area (Å²) in [6, 6.07) is 4.86. The van der Waals surface area contributed by atoms with Crippen LogP contribution in [0.2, 0.25) is 0 Å². The molecule has 2 rings (SSSR count). The average Bonchev–Trinajstić information content (AvgIpc) is 2.81. The molecule has 0 unspecified atom stereocenters. The molecule has 0 bridgehead atoms. The zero-order valence-electron chi connectivity index (χ0n) is 12.3. The molecular weight excluding hydrogens is 297 g/mol. The van der Waals surface area contributed by atoms with E-state index in [9.17, 15) is 18.0 Å². The van der Waals surface area contributed by atoms with Crippen molar-refractivity contribution in [3.8, 4) is 0 Å². The molecule has 2 amide bonds. The van der Waals surface area contributed by atoms with E-state index in [0.717, 1.165) is 11.4 Å². The third-order valence-electron chi connectivity index (χ3n) is 3.39. The largest absolute Gasteiger partial charge is 0.401 e. The van der Waals surface area contributed by atoms with Crippen molar-refractivity contribution in [2.45, 2.75) is 32.1 Å². The fourth-order valence-corrected chi connectivity index (χ4v) is 2.45. The fourth-order valence-electron chi connectivity index (χ4n) is 2.45. The summed E-state index contributed by atoms with van der Waals surface area (Å²) in [4.78, 5) is 17.3. The van der Waals surface area contributed by atoms with Gasteiger partial charge in [-0.25, -0.2) is 4.79 Å². The summed E-state index contributed by atoms with van der Waals surface area (Å²) in [5.41, 5.74) is 1.60. The number of halogens is 3. The Morgan fingerprint density at radius 3 is 2.91 bits per heavy atom. The van der Waals surface area contributed by atoms with Gasteiger partial charge >= 0.3 is 12.2 Å². The molecule has 0 aliphatic carbocycles. The van der Waals surface area contributed by atoms with Gasteiger partial charge in [-0.15, -0.1) is 0 Å². The highest BCUT2D eigenvalue weighted by Gasteiger charge is 2.34. The monoisotopic (exact) mass is 316 g/mol. The molecule has 22 heavy (non-hydrogen) atoms. The number of rotatable bonds is 4. The third-order valence-corrected chi connectivity index (χ3v) is 3.39. The van der Waals surface area contributed by atoms with Gasteiger partial charge in [-0.05, 0) is 25.5 Å². The molecule has 1 aromatic heterocycles. The van der Waals surface area contributed by atoms with Gasteiger partial charge in [0.05, 0.1) is 18.8 Å². The summed E-state index contributed by atoms with van der Waals surface area (Å²) < 4.78 is 36.9. The van der Waals surface area contributed by atoms with Gasteiger partial charge in [0, 0.05) is 24.8 Å². The van der Waals surface area contributed by atoms with Crippen molar-refractivity contribution in [3.05, 3.63) is 29.6 Å². The van der Waals surface area contributed by atoms with Crippen molar-refractivity contribution in [3.63, 3.8) is 0 Å². The minimum absolute atomic E-state index is 0.218. The van der Waals surface area contributed by atoms with Gasteiger partial charge in [-0.3, -0.25) is 9.88 Å². The Hall–Kier alpha value is -1.83. The maximum absolute atomic E-state index is 12.3. The first kappa shape index (κ1) is 16.5. The van der Waals surface area contributed by atoms with E-state index in [0.29, 0.717) is 13.0 Å². The van der Waals surface area contributed by atoms with Crippen molar-refractivity contribution in [1.82, 2.24) is 20.5 Å². The van der Waals surface area contributed by atoms with Crippen molar-refractivity contribution in [1.29, 1.82) is 0 Å². The smallest absolute Gasteiger partial charge is 0.334 e. The summed E-state index contributed by atoms with van der Waals surface area (Å²) >= 11 is 0. The van der Waals surface area contributed by atoms with E-state index in [1.165, 1.54) is 4.90 Å². The lowest BCUT2D eigenvalue weighted by atomic mass is 10.3. The molecular formula is C14H19F3N4O. The first-order valence-corrected chi connectivity index (χ1v) is 7.08. The third kappa shape index (κ3) is 5.51. The van der Waals surface area contributed by atoms with E-state index in [1.54, 1.807) is 6.07 Å². The van der Waals surface area contributed by atoms with Crippen molar-refractivity contribution < 1.29 is 18.0 Å². The highest BCUT2D eigenvalue weighted by Crippen LogP contribution is 2.19. The van der Waals surface area contributed by atoms with Crippen LogP contribution < -0.4 is 10.6 Å². The Balaban J connectivity index is 1.72. The van der Waals surface area contributed by atoms with Crippen LogP contribution in [0.15, 0.2) is 18.2 Å². The van der Waals surface area contributed by atoms with E-state index in [4.69, 9.17) is 0 Å². The van der Waals surface area contributed by atoms with Crippen molar-refractivity contribution in [2.75, 3.05) is 19.6 Å². The van der Waals surface area contributed by atoms with Crippen LogP contribution in [0.3, 0.4) is 0 Å². The fraction of sp³-hybridized carbons (Fsp3) is 0.571. The Morgan fingerprint density at radius 2 is 2.23 bits per heavy atom. The molecule has 5 nitrogen and oxygen atoms in total. The molecule has 2 heterocycles. The number of hydrogen-bond acceptors (Lipinski definition) is 3. The number of nitrogens with one attached hydrogen (secondary N) is 2. The number of pyridine rings is 1. The van der Waals surface area contributed by atoms with E-state index in [1.807, 2.05) is 19.1 Å². The second-order valence-electron chi connectivity index (χ2n) is 5.43. The molecule has 2 N–H and O–H groups in total. The molecule has 1 atom stereocenters. The zero-order valence-corrected chi connectivity index (χ0v) is 12.3. The lowest BCUT2D eigenvalue weighted by Gasteiger charge is -2.18. The topological polar surface area (TPSA) is 57.3 Å². The summed E-state index contributed by atoms with van der Waals surface area (Å²) in [6.45, 7) is 1.77. The van der Waals surface area contributed by atoms with Crippen LogP contribution in [-0.2, 0) is 6.54 Å². The maximum Gasteiger partial charge on any atom is 0.401 e. The first-order chi connectivity index (χ1) is 10.3. The SMILES string of the molecule is Cc1cccc(CNC(=O)N[C@H]2CCN(CC(F)(F)F)C2)n1. The van der Waals surface area contributed by atoms with Gasteiger partial charge in [0.15, 0.2) is 0 Å². The van der Waals surface area contributed by atoms with Gasteiger partial charge in [-0.1, -0.05) is 6.07 Å². The average molecular weight is 316 g/mol. The van der Waals surface area contributed by atoms with Gasteiger partial charge in [0.25, 0.3) is 0 Å². The van der Waals surface area contributed by atoms with Crippen LogP contribution in [0, 0.1) is 6.92 Å². The molecule has 1 aromatic rings. The number of urea groups is 1. The Kier molecular flexibility index (Phi) is 5.23. The molecule has 0 saturated carbocycles. The molecule has 1 aliphatic rings. The Morgan fingerprint density at radius 1 is 1.45 bits per heavy atom. The number of likely N-dealkylation sites (tertiary alicyclic amines) is 1. The summed E-state index contributed by atoms with van der Waals surface area (Å²) in [5, 5.41) is 5.36. The standard InChI is InChI=1S/C14H19F3N4O/c1-10-3-2-4-11(19-10)7-18-13(22)20-12-5-6-21(8-12)9-14(15,16)17/h2-4,12H,5-9H2,1H3,(H2,18,20,22)/t12-/m0/s1. The number of aryl methyl sites for hydroxylation is 1. The number of carbonyl (C=O) groups excluding carboxylic acids is 1. The van der Waals surface area contributed by atoms with Crippen molar-refractivity contribution in [2.24, 2.45) is 0 Å². The number of nitrogens with zero attached hydrogens (tertiary/aromatic N) is 2. The highest BCUT2D eigenvalue weighted by atomic mass is 19.4. The summed E-state index contributed by atoms with van der Waals surface area (Å²) in [5.74, 6) is 0. The number of alkyl halides is 3. The quantitative estimate of drug-likeness (QED) is 0.891. The normalized spacial score (nSPS) is 19.2. The lowest BCUT2D eigenvalue weighted by Crippen LogP contribution is -2.43. The van der Waals surface area contributed by atoms with Gasteiger partial charge < -0.3 is 10.6 Å². The summed E-state index contributed by atoms with van der Waals surface area (Å²) in [7, 11) is 0. The molecule has 1 fully saturated rings. The van der Waals surface area contributed by atoms with E-state index in [-0.39, 0.29) is 25.2 Å². The number of amides is 2. The lowest BCUT2D eigenvalue weighted by molar-refractivity contribution is -0.143. The molecule has 8 heteroatoms. The van der Waals surface area contributed by atoms with Gasteiger partial charge in [0.1, 0.15) is 0 Å². The van der Waals surface area contributed by atoms with Crippen LogP contribution in [0.4, 0.5) is 18.0 Å². The minimum atomic E-state index is -4.20. The molecule has 1 saturated heterocycles. The van der Waals surface area contributed by atoms with E-state index < -0.39 is 12.7 Å². The highest BCUT2D eigenvalue weighted by molar-refractivity contribution is 5.74. The minimum Gasteiger partial charge on any atom is -0.334 e. The predicted octanol–water partition coefficient (Wildman–Crippen LogP) is 1.83. The predicted molar refractivity (Wildman–Crippen MR) is 75.2 cm³/mol. The van der Waals surface area contributed by atoms with E-state index >= 15 is 0 Å². The molecule has 1 aliphatic heterocycles. The maximum atomic E-state index is 12.3. The first-order valence-electron chi connectivity index (χ1n) is 7.08. The zero-order chi connectivity index (χ0) is 16.2. The molecule has 122 valence electrons. The molecule has 0 aromatic carbocycles. The molecule has 0 radical (unpaired) electrons. The second-order valence-corrected chi connectivity index (χ2v) is 5.43. The van der Waals surface area contributed by atoms with Crippen molar-refractivity contribution >= 4 is 6.03 Å². The van der Waals surface area contributed by atoms with Crippen LogP contribution in [-0.4, -0.2) is 47.8 Å². The van der Waals surface area contributed by atoms with Crippen LogP contribution in [0.1, 0.15) is 17.8 Å². The van der Waals surface area contributed by atoms with Gasteiger partial charge in [0.2, 0.25) is 0 Å². The Labute approximate surface area is 126 Å². The number of hydrogen-bond donors (Lipinski definition) is 2. The van der Waals surface area contributed by atoms with Crippen LogP contribution in [0.25, 0.3) is 0 Å². The van der Waals surface area contributed by atoms with Crippen LogP contribution in [0.5, 0.6) is 0 Å². The second kappa shape index (κ2) is 6.95. The van der Waals surface area contributed by atoms with Gasteiger partial charge in [-0.2, -0.15) is 13.2 Å². The number of carbonyl (C=O) groups is 1. The Bertz CT molecular complexity index is 521. The van der Waals surface area contributed by atoms with E-state index in [2.05, 4.69) is 15.6 Å². The van der Waals surface area contributed by atoms with Crippen LogP contribution >= 0.6 is 0 Å².